The number of rotatable bonds is 2. The smallest absolute Gasteiger partial charge is 0.0490 e. The van der Waals surface area contributed by atoms with Crippen molar-refractivity contribution in [2.45, 2.75) is 46.5 Å². The molecule has 0 saturated carbocycles. The van der Waals surface area contributed by atoms with Crippen molar-refractivity contribution in [1.82, 2.24) is 0 Å². The van der Waals surface area contributed by atoms with Crippen molar-refractivity contribution in [3.05, 3.63) is 32.8 Å². The van der Waals surface area contributed by atoms with Crippen molar-refractivity contribution in [3.63, 3.8) is 0 Å². The van der Waals surface area contributed by atoms with E-state index in [1.54, 1.807) is 0 Å². The fourth-order valence-corrected chi connectivity index (χ4v) is 2.75. The summed E-state index contributed by atoms with van der Waals surface area (Å²) in [6.07, 6.45) is 0. The van der Waals surface area contributed by atoms with Gasteiger partial charge in [0, 0.05) is 10.0 Å². The molecular formula is C13H18Cl2. The second-order valence-electron chi connectivity index (χ2n) is 4.63. The third-order valence-corrected chi connectivity index (χ3v) is 3.57. The van der Waals surface area contributed by atoms with E-state index in [0.717, 1.165) is 21.2 Å². The molecule has 0 bridgehead atoms. The van der Waals surface area contributed by atoms with Gasteiger partial charge in [-0.25, -0.2) is 0 Å². The molecule has 0 heterocycles. The van der Waals surface area contributed by atoms with Crippen LogP contribution in [-0.4, -0.2) is 0 Å². The molecule has 1 aromatic rings. The van der Waals surface area contributed by atoms with E-state index < -0.39 is 0 Å². The van der Waals surface area contributed by atoms with E-state index in [4.69, 9.17) is 23.2 Å². The zero-order chi connectivity index (χ0) is 11.7. The molecule has 0 fully saturated rings. The van der Waals surface area contributed by atoms with Crippen LogP contribution in [0, 0.1) is 6.92 Å². The number of benzene rings is 1. The monoisotopic (exact) mass is 244 g/mol. The molecule has 0 spiro atoms. The summed E-state index contributed by atoms with van der Waals surface area (Å²) in [5.74, 6) is 0.799. The first kappa shape index (κ1) is 12.9. The van der Waals surface area contributed by atoms with E-state index >= 15 is 0 Å². The predicted molar refractivity (Wildman–Crippen MR) is 69.4 cm³/mol. The summed E-state index contributed by atoms with van der Waals surface area (Å²) in [7, 11) is 0. The van der Waals surface area contributed by atoms with E-state index in [0.29, 0.717) is 11.8 Å². The molecule has 0 radical (unpaired) electrons. The minimum absolute atomic E-state index is 0.363. The maximum atomic E-state index is 6.39. The molecule has 0 aliphatic rings. The quantitative estimate of drug-likeness (QED) is 0.640. The molecule has 0 atom stereocenters. The van der Waals surface area contributed by atoms with Crippen LogP contribution in [0.5, 0.6) is 0 Å². The van der Waals surface area contributed by atoms with Crippen molar-refractivity contribution < 1.29 is 0 Å². The van der Waals surface area contributed by atoms with Gasteiger partial charge in [-0.3, -0.25) is 0 Å². The Bertz CT molecular complexity index is 365. The minimum atomic E-state index is 0.363. The Morgan fingerprint density at radius 2 is 1.47 bits per heavy atom. The molecule has 15 heavy (non-hydrogen) atoms. The van der Waals surface area contributed by atoms with Crippen LogP contribution in [-0.2, 0) is 0 Å². The van der Waals surface area contributed by atoms with Crippen molar-refractivity contribution >= 4 is 23.2 Å². The van der Waals surface area contributed by atoms with Crippen molar-refractivity contribution in [2.75, 3.05) is 0 Å². The lowest BCUT2D eigenvalue weighted by atomic mass is 9.93. The Kier molecular flexibility index (Phi) is 4.08. The van der Waals surface area contributed by atoms with Crippen LogP contribution in [0.4, 0.5) is 0 Å². The van der Waals surface area contributed by atoms with Crippen LogP contribution in [0.25, 0.3) is 0 Å². The first-order valence-electron chi connectivity index (χ1n) is 5.34. The van der Waals surface area contributed by atoms with E-state index in [9.17, 15) is 0 Å². The number of hydrogen-bond acceptors (Lipinski definition) is 0. The molecule has 0 amide bonds. The van der Waals surface area contributed by atoms with Crippen LogP contribution in [0.1, 0.15) is 56.2 Å². The van der Waals surface area contributed by atoms with Gasteiger partial charge in [-0.2, -0.15) is 0 Å². The molecule has 0 saturated heterocycles. The van der Waals surface area contributed by atoms with Gasteiger partial charge in [0.25, 0.3) is 0 Å². The highest BCUT2D eigenvalue weighted by Crippen LogP contribution is 2.38. The SMILES string of the molecule is Cc1cc(C(C)C)c(Cl)c(C(C)C)c1Cl. The molecule has 0 N–H and O–H groups in total. The summed E-state index contributed by atoms with van der Waals surface area (Å²) in [5, 5.41) is 1.66. The van der Waals surface area contributed by atoms with Gasteiger partial charge < -0.3 is 0 Å². The topological polar surface area (TPSA) is 0 Å². The Morgan fingerprint density at radius 3 is 1.87 bits per heavy atom. The highest BCUT2D eigenvalue weighted by atomic mass is 35.5. The zero-order valence-corrected chi connectivity index (χ0v) is 11.5. The summed E-state index contributed by atoms with van der Waals surface area (Å²) >= 11 is 12.7. The largest absolute Gasteiger partial charge is 0.0837 e. The third kappa shape index (κ3) is 2.49. The summed E-state index contributed by atoms with van der Waals surface area (Å²) in [5.41, 5.74) is 3.40. The lowest BCUT2D eigenvalue weighted by Crippen LogP contribution is -1.99. The average molecular weight is 245 g/mol. The van der Waals surface area contributed by atoms with Crippen LogP contribution < -0.4 is 0 Å². The highest BCUT2D eigenvalue weighted by molar-refractivity contribution is 6.37. The Labute approximate surface area is 103 Å². The fraction of sp³-hybridized carbons (Fsp3) is 0.538. The molecule has 0 aromatic heterocycles. The van der Waals surface area contributed by atoms with E-state index in [2.05, 4.69) is 33.8 Å². The number of halogens is 2. The minimum Gasteiger partial charge on any atom is -0.0837 e. The second kappa shape index (κ2) is 4.76. The molecule has 0 nitrogen and oxygen atoms in total. The Morgan fingerprint density at radius 1 is 0.933 bits per heavy atom. The molecule has 0 aliphatic carbocycles. The first-order chi connectivity index (χ1) is 6.86. The standard InChI is InChI=1S/C13H18Cl2/c1-7(2)10-6-9(5)12(14)11(8(3)4)13(10)15/h6-8H,1-5H3. The maximum absolute atomic E-state index is 6.39. The van der Waals surface area contributed by atoms with Gasteiger partial charge in [-0.15, -0.1) is 0 Å². The molecule has 0 unspecified atom stereocenters. The van der Waals surface area contributed by atoms with Gasteiger partial charge in [-0.1, -0.05) is 57.0 Å². The van der Waals surface area contributed by atoms with Gasteiger partial charge in [-0.05, 0) is 35.4 Å². The van der Waals surface area contributed by atoms with Gasteiger partial charge in [0.05, 0.1) is 0 Å². The van der Waals surface area contributed by atoms with Crippen molar-refractivity contribution in [2.24, 2.45) is 0 Å². The average Bonchev–Trinajstić information content (AvgIpc) is 2.10. The van der Waals surface area contributed by atoms with Crippen molar-refractivity contribution in [3.8, 4) is 0 Å². The molecular weight excluding hydrogens is 227 g/mol. The highest BCUT2D eigenvalue weighted by Gasteiger charge is 2.17. The van der Waals surface area contributed by atoms with Crippen LogP contribution >= 0.6 is 23.2 Å². The van der Waals surface area contributed by atoms with Gasteiger partial charge in [0.15, 0.2) is 0 Å². The van der Waals surface area contributed by atoms with Gasteiger partial charge >= 0.3 is 0 Å². The summed E-state index contributed by atoms with van der Waals surface area (Å²) < 4.78 is 0. The fourth-order valence-electron chi connectivity index (χ4n) is 1.75. The normalized spacial score (nSPS) is 11.5. The number of hydrogen-bond donors (Lipinski definition) is 0. The Hall–Kier alpha value is -0.200. The molecule has 1 aromatic carbocycles. The molecule has 1 rings (SSSR count). The van der Waals surface area contributed by atoms with E-state index in [-0.39, 0.29) is 0 Å². The van der Waals surface area contributed by atoms with E-state index in [1.807, 2.05) is 6.92 Å². The maximum Gasteiger partial charge on any atom is 0.0490 e. The zero-order valence-electron chi connectivity index (χ0n) is 9.99. The Balaban J connectivity index is 3.49. The lowest BCUT2D eigenvalue weighted by Gasteiger charge is -2.18. The van der Waals surface area contributed by atoms with Crippen LogP contribution in [0.2, 0.25) is 10.0 Å². The third-order valence-electron chi connectivity index (χ3n) is 2.64. The lowest BCUT2D eigenvalue weighted by molar-refractivity contribution is 0.831. The van der Waals surface area contributed by atoms with Gasteiger partial charge in [0.2, 0.25) is 0 Å². The van der Waals surface area contributed by atoms with Gasteiger partial charge in [0.1, 0.15) is 0 Å². The van der Waals surface area contributed by atoms with E-state index in [1.165, 1.54) is 5.56 Å². The van der Waals surface area contributed by atoms with Crippen LogP contribution in [0.15, 0.2) is 6.07 Å². The number of aryl methyl sites for hydroxylation is 1. The summed E-state index contributed by atoms with van der Waals surface area (Å²) in [4.78, 5) is 0. The molecule has 2 heteroatoms. The summed E-state index contributed by atoms with van der Waals surface area (Å²) in [6.45, 7) is 10.6. The summed E-state index contributed by atoms with van der Waals surface area (Å²) in [6, 6.07) is 2.10. The molecule has 0 aliphatic heterocycles. The van der Waals surface area contributed by atoms with Crippen molar-refractivity contribution in [1.29, 1.82) is 0 Å². The molecule has 84 valence electrons. The predicted octanol–water partition coefficient (Wildman–Crippen LogP) is 5.55. The second-order valence-corrected chi connectivity index (χ2v) is 5.39. The first-order valence-corrected chi connectivity index (χ1v) is 6.10. The van der Waals surface area contributed by atoms with Crippen LogP contribution in [0.3, 0.4) is 0 Å².